The summed E-state index contributed by atoms with van der Waals surface area (Å²) in [4.78, 5) is 0. The lowest BCUT2D eigenvalue weighted by Crippen LogP contribution is -1.87. The highest BCUT2D eigenvalue weighted by atomic mass is 15.4. The molecule has 2 fully saturated rings. The molecule has 2 rings (SSSR count). The van der Waals surface area contributed by atoms with Crippen LogP contribution in [0.5, 0.6) is 0 Å². The van der Waals surface area contributed by atoms with Crippen LogP contribution < -0.4 is 0 Å². The van der Waals surface area contributed by atoms with Gasteiger partial charge in [0.05, 0.1) is 0 Å². The number of hydrogen-bond acceptors (Lipinski definition) is 0. The number of rotatable bonds is 0. The minimum Gasteiger partial charge on any atom is -0.506 e. The fourth-order valence-electron chi connectivity index (χ4n) is 1.85. The predicted octanol–water partition coefficient (Wildman–Crippen LogP) is 1.74. The summed E-state index contributed by atoms with van der Waals surface area (Å²) in [7, 11) is 0. The summed E-state index contributed by atoms with van der Waals surface area (Å²) in [5, 5.41) is 0. The van der Waals surface area contributed by atoms with Gasteiger partial charge in [-0.1, -0.05) is 6.42 Å². The maximum absolute atomic E-state index is 9.08. The zero-order chi connectivity index (χ0) is 6.27. The maximum atomic E-state index is 9.08. The maximum Gasteiger partial charge on any atom is 0.202 e. The van der Waals surface area contributed by atoms with E-state index in [-0.39, 0.29) is 0 Å². The van der Waals surface area contributed by atoms with E-state index in [1.165, 1.54) is 36.8 Å². The molecule has 0 bridgehead atoms. The molecule has 0 amide bonds. The van der Waals surface area contributed by atoms with Crippen LogP contribution in [0, 0.1) is 0 Å². The van der Waals surface area contributed by atoms with Gasteiger partial charge in [0.25, 0.3) is 0 Å². The van der Waals surface area contributed by atoms with Crippen LogP contribution in [0.1, 0.15) is 32.1 Å². The third-order valence-corrected chi connectivity index (χ3v) is 2.53. The van der Waals surface area contributed by atoms with Crippen molar-refractivity contribution in [3.8, 4) is 0 Å². The van der Waals surface area contributed by atoms with Gasteiger partial charge in [-0.25, -0.2) is 0 Å². The van der Waals surface area contributed by atoms with Crippen molar-refractivity contribution >= 4 is 0 Å². The Bertz CT molecular complexity index is 128. The van der Waals surface area contributed by atoms with E-state index in [2.05, 4.69) is 0 Å². The summed E-state index contributed by atoms with van der Waals surface area (Å²) in [6.45, 7) is 0. The fourth-order valence-corrected chi connectivity index (χ4v) is 1.85. The van der Waals surface area contributed by atoms with Crippen LogP contribution >= 0.6 is 0 Å². The van der Waals surface area contributed by atoms with Gasteiger partial charge in [-0.05, 0) is 12.8 Å². The Labute approximate surface area is 55.4 Å². The van der Waals surface area contributed by atoms with Crippen LogP contribution in [-0.2, 0) is 0 Å². The molecule has 2 nitrogen and oxygen atoms in total. The van der Waals surface area contributed by atoms with Gasteiger partial charge in [-0.15, -0.1) is 0 Å². The standard InChI is InChI=1S/C7H12N2/c8-9-6-4-2-1-3-5-7(6)9/h6-7H,1-5H2. The topological polar surface area (TPSA) is 25.3 Å². The van der Waals surface area contributed by atoms with Crippen LogP contribution in [0.15, 0.2) is 0 Å². The molecule has 2 aliphatic rings. The molecule has 1 aliphatic heterocycles. The van der Waals surface area contributed by atoms with Gasteiger partial charge in [0.15, 0.2) is 0 Å². The van der Waals surface area contributed by atoms with E-state index in [0.717, 1.165) is 0 Å². The Balaban J connectivity index is 2.00. The average Bonchev–Trinajstić information content (AvgIpc) is 2.51. The van der Waals surface area contributed by atoms with Crippen molar-refractivity contribution in [2.75, 3.05) is 0 Å². The molecule has 2 atom stereocenters. The quantitative estimate of drug-likeness (QED) is 0.347. The minimum absolute atomic E-state index is 0.549. The largest absolute Gasteiger partial charge is 0.506 e. The van der Waals surface area contributed by atoms with Gasteiger partial charge in [-0.2, -0.15) is 0 Å². The first-order valence-electron chi connectivity index (χ1n) is 3.87. The van der Waals surface area contributed by atoms with Crippen LogP contribution in [0.3, 0.4) is 0 Å². The summed E-state index contributed by atoms with van der Waals surface area (Å²) in [6, 6.07) is 1.10. The third kappa shape index (κ3) is 0.769. The highest BCUT2D eigenvalue weighted by molar-refractivity contribution is 4.82. The minimum atomic E-state index is 0.549. The van der Waals surface area contributed by atoms with Crippen molar-refractivity contribution in [1.82, 2.24) is 0 Å². The monoisotopic (exact) mass is 124 g/mol. The lowest BCUT2D eigenvalue weighted by atomic mass is 10.2. The second kappa shape index (κ2) is 1.79. The highest BCUT2D eigenvalue weighted by Gasteiger charge is 2.49. The molecule has 0 N–H and O–H groups in total. The van der Waals surface area contributed by atoms with Crippen LogP contribution in [-0.4, -0.2) is 16.8 Å². The molecular weight excluding hydrogens is 112 g/mol. The molecule has 50 valence electrons. The average molecular weight is 124 g/mol. The molecule has 2 heteroatoms. The van der Waals surface area contributed by atoms with Crippen molar-refractivity contribution in [2.45, 2.75) is 44.2 Å². The van der Waals surface area contributed by atoms with Crippen molar-refractivity contribution in [3.05, 3.63) is 5.53 Å². The van der Waals surface area contributed by atoms with Gasteiger partial charge in [0, 0.05) is 12.8 Å². The highest BCUT2D eigenvalue weighted by Crippen LogP contribution is 2.34. The fraction of sp³-hybridized carbons (Fsp3) is 1.00. The van der Waals surface area contributed by atoms with E-state index in [4.69, 9.17) is 5.53 Å². The normalized spacial score (nSPS) is 41.6. The van der Waals surface area contributed by atoms with Gasteiger partial charge in [0.2, 0.25) is 12.1 Å². The van der Waals surface area contributed by atoms with Gasteiger partial charge in [-0.3, -0.25) is 0 Å². The van der Waals surface area contributed by atoms with Crippen molar-refractivity contribution in [2.24, 2.45) is 0 Å². The van der Waals surface area contributed by atoms with E-state index in [1.54, 1.807) is 0 Å². The smallest absolute Gasteiger partial charge is 0.202 e. The summed E-state index contributed by atoms with van der Waals surface area (Å²) in [5.74, 6) is 0. The molecule has 1 saturated carbocycles. The van der Waals surface area contributed by atoms with Gasteiger partial charge in [0.1, 0.15) is 0 Å². The lowest BCUT2D eigenvalue weighted by molar-refractivity contribution is -0.408. The summed E-state index contributed by atoms with van der Waals surface area (Å²) < 4.78 is 1.53. The first-order chi connectivity index (χ1) is 4.39. The van der Waals surface area contributed by atoms with Gasteiger partial charge < -0.3 is 10.2 Å². The summed E-state index contributed by atoms with van der Waals surface area (Å²) in [6.07, 6.45) is 6.46. The van der Waals surface area contributed by atoms with Crippen molar-refractivity contribution < 1.29 is 4.70 Å². The van der Waals surface area contributed by atoms with E-state index in [9.17, 15) is 0 Å². The van der Waals surface area contributed by atoms with E-state index in [1.807, 2.05) is 0 Å². The van der Waals surface area contributed by atoms with Crippen LogP contribution in [0.2, 0.25) is 0 Å². The molecule has 9 heavy (non-hydrogen) atoms. The molecule has 1 aliphatic carbocycles. The molecule has 0 spiro atoms. The Kier molecular flexibility index (Phi) is 1.07. The van der Waals surface area contributed by atoms with Crippen LogP contribution in [0.4, 0.5) is 0 Å². The Morgan fingerprint density at radius 2 is 1.56 bits per heavy atom. The zero-order valence-corrected chi connectivity index (χ0v) is 5.58. The molecule has 1 heterocycles. The van der Waals surface area contributed by atoms with Gasteiger partial charge >= 0.3 is 0 Å². The SMILES string of the molecule is [N-]=[N+]1C2CCCCCC21. The summed E-state index contributed by atoms with van der Waals surface area (Å²) >= 11 is 0. The molecule has 0 aromatic rings. The van der Waals surface area contributed by atoms with Crippen molar-refractivity contribution in [3.63, 3.8) is 0 Å². The second-order valence-electron chi connectivity index (χ2n) is 3.15. The Morgan fingerprint density at radius 1 is 1.00 bits per heavy atom. The lowest BCUT2D eigenvalue weighted by Gasteiger charge is -1.91. The molecular formula is C7H12N2. The van der Waals surface area contributed by atoms with E-state index >= 15 is 0 Å². The third-order valence-electron chi connectivity index (χ3n) is 2.53. The van der Waals surface area contributed by atoms with E-state index < -0.39 is 0 Å². The first kappa shape index (κ1) is 5.39. The Hall–Kier alpha value is -0.400. The Morgan fingerprint density at radius 3 is 2.11 bits per heavy atom. The van der Waals surface area contributed by atoms with Crippen molar-refractivity contribution in [1.29, 1.82) is 0 Å². The molecule has 0 aromatic carbocycles. The number of fused-ring (bicyclic) bond motifs is 1. The van der Waals surface area contributed by atoms with Crippen LogP contribution in [0.25, 0.3) is 5.53 Å². The molecule has 1 saturated heterocycles. The molecule has 2 unspecified atom stereocenters. The van der Waals surface area contributed by atoms with E-state index in [0.29, 0.717) is 12.1 Å². The molecule has 0 aromatic heterocycles. The number of hydrogen-bond donors (Lipinski definition) is 0. The number of nitrogens with zero attached hydrogens (tertiary/aromatic N) is 2. The predicted molar refractivity (Wildman–Crippen MR) is 34.3 cm³/mol. The summed E-state index contributed by atoms with van der Waals surface area (Å²) in [5.41, 5.74) is 9.08. The zero-order valence-electron chi connectivity index (χ0n) is 5.58. The second-order valence-corrected chi connectivity index (χ2v) is 3.15. The first-order valence-corrected chi connectivity index (χ1v) is 3.87. The molecule has 0 radical (unpaired) electrons.